The van der Waals surface area contributed by atoms with Crippen LogP contribution >= 0.6 is 0 Å². The largest absolute Gasteiger partial charge is 0.355 e. The molecule has 2 N–H and O–H groups in total. The lowest BCUT2D eigenvalue weighted by atomic mass is 10.1. The van der Waals surface area contributed by atoms with E-state index in [0.29, 0.717) is 5.69 Å². The van der Waals surface area contributed by atoms with E-state index in [0.717, 1.165) is 34.3 Å². The van der Waals surface area contributed by atoms with E-state index in [2.05, 4.69) is 10.3 Å². The molecule has 0 unspecified atom stereocenters. The average Bonchev–Trinajstić information content (AvgIpc) is 3.05. The van der Waals surface area contributed by atoms with Gasteiger partial charge in [-0.3, -0.25) is 4.79 Å². The molecule has 1 aromatic heterocycles. The highest BCUT2D eigenvalue weighted by Crippen LogP contribution is 2.26. The zero-order chi connectivity index (χ0) is 19.0. The molecule has 4 aromatic rings. The predicted molar refractivity (Wildman–Crippen MR) is 98.0 cm³/mol. The first kappa shape index (κ1) is 16.9. The van der Waals surface area contributed by atoms with Crippen molar-refractivity contribution in [3.63, 3.8) is 0 Å². The number of aromatic amines is 1. The van der Waals surface area contributed by atoms with Gasteiger partial charge in [-0.05, 0) is 54.1 Å². The van der Waals surface area contributed by atoms with Gasteiger partial charge in [-0.2, -0.15) is 0 Å². The smallest absolute Gasteiger partial charge is 0.261 e. The van der Waals surface area contributed by atoms with Crippen molar-refractivity contribution >= 4 is 22.5 Å². The predicted octanol–water partition coefficient (Wildman–Crippen LogP) is 5.50. The summed E-state index contributed by atoms with van der Waals surface area (Å²) in [6.07, 6.45) is 0. The number of benzene rings is 3. The first-order valence-electron chi connectivity index (χ1n) is 8.15. The van der Waals surface area contributed by atoms with Crippen molar-refractivity contribution in [2.24, 2.45) is 0 Å². The van der Waals surface area contributed by atoms with Crippen LogP contribution in [-0.2, 0) is 0 Å². The molecule has 134 valence electrons. The Morgan fingerprint density at radius 1 is 0.852 bits per heavy atom. The number of carbonyl (C=O) groups is 1. The molecule has 0 aliphatic heterocycles. The fraction of sp³-hybridized carbons (Fsp3) is 0. The molecule has 0 radical (unpaired) electrons. The van der Waals surface area contributed by atoms with Gasteiger partial charge in [-0.25, -0.2) is 13.2 Å². The summed E-state index contributed by atoms with van der Waals surface area (Å²) in [5.41, 5.74) is 2.18. The highest BCUT2D eigenvalue weighted by atomic mass is 19.1. The average molecular weight is 366 g/mol. The molecule has 6 heteroatoms. The molecule has 27 heavy (non-hydrogen) atoms. The van der Waals surface area contributed by atoms with Gasteiger partial charge < -0.3 is 10.3 Å². The van der Waals surface area contributed by atoms with E-state index in [1.54, 1.807) is 30.3 Å². The van der Waals surface area contributed by atoms with Crippen molar-refractivity contribution in [3.8, 4) is 11.3 Å². The Bertz CT molecular complexity index is 1130. The molecule has 0 fully saturated rings. The van der Waals surface area contributed by atoms with E-state index in [1.165, 1.54) is 18.2 Å². The number of nitrogens with one attached hydrogen (secondary N) is 2. The molecule has 0 saturated carbocycles. The lowest BCUT2D eigenvalue weighted by Gasteiger charge is -2.08. The second-order valence-corrected chi connectivity index (χ2v) is 6.04. The summed E-state index contributed by atoms with van der Waals surface area (Å²) >= 11 is 0. The number of hydrogen-bond donors (Lipinski definition) is 2. The number of carbonyl (C=O) groups excluding carboxylic acids is 1. The topological polar surface area (TPSA) is 44.9 Å². The zero-order valence-electron chi connectivity index (χ0n) is 13.9. The normalized spacial score (nSPS) is 10.9. The van der Waals surface area contributed by atoms with Crippen molar-refractivity contribution in [1.82, 2.24) is 4.98 Å². The van der Waals surface area contributed by atoms with E-state index in [9.17, 15) is 18.0 Å². The van der Waals surface area contributed by atoms with Gasteiger partial charge in [0, 0.05) is 22.3 Å². The van der Waals surface area contributed by atoms with E-state index in [1.807, 2.05) is 6.07 Å². The molecule has 0 atom stereocenters. The van der Waals surface area contributed by atoms with Crippen LogP contribution in [0.15, 0.2) is 66.7 Å². The maximum absolute atomic E-state index is 13.7. The Morgan fingerprint density at radius 2 is 1.56 bits per heavy atom. The minimum Gasteiger partial charge on any atom is -0.355 e. The third-order valence-electron chi connectivity index (χ3n) is 4.23. The van der Waals surface area contributed by atoms with E-state index in [-0.39, 0.29) is 5.82 Å². The summed E-state index contributed by atoms with van der Waals surface area (Å²) in [6, 6.07) is 16.3. The number of amides is 1. The Hall–Kier alpha value is -3.54. The molecule has 0 bridgehead atoms. The van der Waals surface area contributed by atoms with Gasteiger partial charge in [-0.15, -0.1) is 0 Å². The molecule has 1 amide bonds. The van der Waals surface area contributed by atoms with Crippen LogP contribution in [0, 0.1) is 17.5 Å². The molecule has 1 heterocycles. The van der Waals surface area contributed by atoms with Gasteiger partial charge >= 0.3 is 0 Å². The molecule has 0 saturated heterocycles. The minimum absolute atomic E-state index is 0.313. The minimum atomic E-state index is -0.922. The van der Waals surface area contributed by atoms with Gasteiger partial charge in [0.1, 0.15) is 23.0 Å². The Morgan fingerprint density at radius 3 is 2.26 bits per heavy atom. The number of H-pyrrole nitrogens is 1. The molecule has 3 nitrogen and oxygen atoms in total. The van der Waals surface area contributed by atoms with Crippen LogP contribution in [0.1, 0.15) is 10.4 Å². The summed E-state index contributed by atoms with van der Waals surface area (Å²) in [5.74, 6) is -3.02. The standard InChI is InChI=1S/C21H13F3N2O/c22-14-6-9-18-13(10-14)11-19(26-18)12-4-7-15(8-5-12)25-21(27)20-16(23)2-1-3-17(20)24/h1-11,26H,(H,25,27). The van der Waals surface area contributed by atoms with Crippen LogP contribution < -0.4 is 5.32 Å². The molecule has 0 aliphatic carbocycles. The summed E-state index contributed by atoms with van der Waals surface area (Å²) < 4.78 is 40.7. The monoisotopic (exact) mass is 366 g/mol. The highest BCUT2D eigenvalue weighted by molar-refractivity contribution is 6.04. The number of anilines is 1. The molecule has 0 spiro atoms. The number of fused-ring (bicyclic) bond motifs is 1. The Balaban J connectivity index is 1.57. The lowest BCUT2D eigenvalue weighted by molar-refractivity contribution is 0.101. The van der Waals surface area contributed by atoms with Crippen molar-refractivity contribution in [2.75, 3.05) is 5.32 Å². The van der Waals surface area contributed by atoms with Crippen LogP contribution in [0.2, 0.25) is 0 Å². The Kier molecular flexibility index (Phi) is 4.16. The maximum atomic E-state index is 13.7. The van der Waals surface area contributed by atoms with Gasteiger partial charge in [0.15, 0.2) is 0 Å². The van der Waals surface area contributed by atoms with Gasteiger partial charge in [0.05, 0.1) is 0 Å². The second-order valence-electron chi connectivity index (χ2n) is 6.04. The van der Waals surface area contributed by atoms with Crippen LogP contribution in [-0.4, -0.2) is 10.9 Å². The molecule has 3 aromatic carbocycles. The molecular formula is C21H13F3N2O. The van der Waals surface area contributed by atoms with Crippen LogP contribution in [0.4, 0.5) is 18.9 Å². The van der Waals surface area contributed by atoms with Crippen molar-refractivity contribution < 1.29 is 18.0 Å². The third-order valence-corrected chi connectivity index (χ3v) is 4.23. The molecule has 4 rings (SSSR count). The fourth-order valence-corrected chi connectivity index (χ4v) is 2.90. The summed E-state index contributed by atoms with van der Waals surface area (Å²) in [7, 11) is 0. The van der Waals surface area contributed by atoms with Crippen molar-refractivity contribution in [2.45, 2.75) is 0 Å². The quantitative estimate of drug-likeness (QED) is 0.494. The van der Waals surface area contributed by atoms with Gasteiger partial charge in [-0.1, -0.05) is 18.2 Å². The fourth-order valence-electron chi connectivity index (χ4n) is 2.90. The zero-order valence-corrected chi connectivity index (χ0v) is 13.9. The Labute approximate surface area is 152 Å². The molecule has 0 aliphatic rings. The van der Waals surface area contributed by atoms with Gasteiger partial charge in [0.2, 0.25) is 0 Å². The highest BCUT2D eigenvalue weighted by Gasteiger charge is 2.17. The first-order valence-corrected chi connectivity index (χ1v) is 8.15. The number of hydrogen-bond acceptors (Lipinski definition) is 1. The maximum Gasteiger partial charge on any atom is 0.261 e. The van der Waals surface area contributed by atoms with Gasteiger partial charge in [0.25, 0.3) is 5.91 Å². The number of rotatable bonds is 3. The number of aromatic nitrogens is 1. The lowest BCUT2D eigenvalue weighted by Crippen LogP contribution is -2.15. The summed E-state index contributed by atoms with van der Waals surface area (Å²) in [4.78, 5) is 15.3. The first-order chi connectivity index (χ1) is 13.0. The summed E-state index contributed by atoms with van der Waals surface area (Å²) in [5, 5.41) is 3.22. The SMILES string of the molecule is O=C(Nc1ccc(-c2cc3cc(F)ccc3[nH]2)cc1)c1c(F)cccc1F. The van der Waals surface area contributed by atoms with Crippen molar-refractivity contribution in [1.29, 1.82) is 0 Å². The molecular weight excluding hydrogens is 353 g/mol. The second kappa shape index (κ2) is 6.64. The van der Waals surface area contributed by atoms with Crippen molar-refractivity contribution in [3.05, 3.63) is 89.7 Å². The van der Waals surface area contributed by atoms with Crippen LogP contribution in [0.3, 0.4) is 0 Å². The van der Waals surface area contributed by atoms with E-state index < -0.39 is 23.1 Å². The van der Waals surface area contributed by atoms with Crippen LogP contribution in [0.5, 0.6) is 0 Å². The summed E-state index contributed by atoms with van der Waals surface area (Å²) in [6.45, 7) is 0. The number of halogens is 3. The third kappa shape index (κ3) is 3.29. The van der Waals surface area contributed by atoms with E-state index >= 15 is 0 Å². The van der Waals surface area contributed by atoms with Crippen LogP contribution in [0.25, 0.3) is 22.2 Å². The van der Waals surface area contributed by atoms with E-state index in [4.69, 9.17) is 0 Å².